The first-order valence-electron chi connectivity index (χ1n) is 10.7. The number of hydrogen-bond donors (Lipinski definition) is 2. The lowest BCUT2D eigenvalue weighted by Crippen LogP contribution is -2.55. The number of Topliss-reactive ketones (excluding diaryl/α,β-unsaturated/α-hetero) is 1. The first-order chi connectivity index (χ1) is 17.5. The van der Waals surface area contributed by atoms with Crippen LogP contribution in [0.2, 0.25) is 0 Å². The van der Waals surface area contributed by atoms with E-state index in [9.17, 15) is 14.0 Å². The molecule has 0 saturated carbocycles. The topological polar surface area (TPSA) is 165 Å². The van der Waals surface area contributed by atoms with Gasteiger partial charge in [0.15, 0.2) is 11.6 Å². The minimum atomic E-state index is -0.834. The predicted octanol–water partition coefficient (Wildman–Crippen LogP) is 1.50. The first-order valence-corrected chi connectivity index (χ1v) is 11.6. The number of halogens is 1. The van der Waals surface area contributed by atoms with Crippen molar-refractivity contribution in [3.63, 3.8) is 0 Å². The summed E-state index contributed by atoms with van der Waals surface area (Å²) >= 11 is 1.31. The lowest BCUT2D eigenvalue weighted by atomic mass is 10.1. The molecular weight excluding hydrogens is 491 g/mol. The van der Waals surface area contributed by atoms with E-state index in [1.165, 1.54) is 44.5 Å². The van der Waals surface area contributed by atoms with Gasteiger partial charge in [-0.25, -0.2) is 19.0 Å². The predicted molar refractivity (Wildman–Crippen MR) is 127 cm³/mol. The Bertz CT molecular complexity index is 1440. The number of carbonyl (C=O) groups is 2. The largest absolute Gasteiger partial charge is 0.357 e. The number of aromatic nitrogens is 6. The van der Waals surface area contributed by atoms with Crippen molar-refractivity contribution in [3.8, 4) is 5.82 Å². The van der Waals surface area contributed by atoms with E-state index in [4.69, 9.17) is 5.53 Å². The number of aliphatic imine (C=N–C) groups is 1. The van der Waals surface area contributed by atoms with Gasteiger partial charge in [-0.1, -0.05) is 10.4 Å². The average Bonchev–Trinajstić information content (AvgIpc) is 3.69. The second-order valence-corrected chi connectivity index (χ2v) is 8.46. The summed E-state index contributed by atoms with van der Waals surface area (Å²) in [5.41, 5.74) is 7.67. The van der Waals surface area contributed by atoms with Gasteiger partial charge in [-0.15, -0.1) is 16.4 Å². The van der Waals surface area contributed by atoms with Crippen LogP contribution in [0.25, 0.3) is 16.7 Å². The van der Waals surface area contributed by atoms with E-state index in [1.807, 2.05) is 4.90 Å². The Balaban J connectivity index is 1.33. The van der Waals surface area contributed by atoms with Gasteiger partial charge >= 0.3 is 0 Å². The molecule has 5 heterocycles. The minimum absolute atomic E-state index is 0.0379. The zero-order valence-electron chi connectivity index (χ0n) is 18.9. The van der Waals surface area contributed by atoms with Crippen molar-refractivity contribution in [2.75, 3.05) is 38.2 Å². The molecule has 0 aromatic carbocycles. The number of ketones is 1. The van der Waals surface area contributed by atoms with Crippen LogP contribution in [0.15, 0.2) is 46.6 Å². The number of anilines is 1. The molecule has 0 radical (unpaired) electrons. The molecule has 4 aromatic heterocycles. The summed E-state index contributed by atoms with van der Waals surface area (Å²) in [7, 11) is 1.58. The zero-order chi connectivity index (χ0) is 25.2. The highest BCUT2D eigenvalue weighted by molar-refractivity contribution is 7.13. The van der Waals surface area contributed by atoms with Crippen LogP contribution >= 0.6 is 11.3 Å². The van der Waals surface area contributed by atoms with Gasteiger partial charge < -0.3 is 14.8 Å². The van der Waals surface area contributed by atoms with Crippen LogP contribution in [0.1, 0.15) is 10.4 Å². The molecule has 0 spiro atoms. The maximum atomic E-state index is 14.7. The Hall–Kier alpha value is -4.60. The first kappa shape index (κ1) is 23.2. The molecule has 1 aliphatic rings. The number of piperazine rings is 1. The monoisotopic (exact) mass is 510 g/mol. The van der Waals surface area contributed by atoms with Crippen molar-refractivity contribution in [2.24, 2.45) is 10.2 Å². The molecule has 184 valence electrons. The number of hydrogen-bond acceptors (Lipinski definition) is 10. The number of fused-ring (bicyclic) bond motifs is 1. The summed E-state index contributed by atoms with van der Waals surface area (Å²) in [6.45, 7) is 1.16. The molecule has 1 saturated heterocycles. The van der Waals surface area contributed by atoms with Gasteiger partial charge in [0.1, 0.15) is 0 Å². The summed E-state index contributed by atoms with van der Waals surface area (Å²) in [5, 5.41) is 14.6. The van der Waals surface area contributed by atoms with Crippen molar-refractivity contribution in [1.82, 2.24) is 39.7 Å². The number of H-pyrrole nitrogens is 1. The van der Waals surface area contributed by atoms with Crippen LogP contribution < -0.4 is 5.01 Å². The van der Waals surface area contributed by atoms with Gasteiger partial charge in [-0.2, -0.15) is 10.5 Å². The zero-order valence-corrected chi connectivity index (χ0v) is 19.7. The summed E-state index contributed by atoms with van der Waals surface area (Å²) in [4.78, 5) is 44.7. The molecule has 36 heavy (non-hydrogen) atoms. The van der Waals surface area contributed by atoms with Crippen molar-refractivity contribution >= 4 is 45.0 Å². The average molecular weight is 511 g/mol. The molecule has 1 amide bonds. The van der Waals surface area contributed by atoms with Gasteiger partial charge in [-0.05, 0) is 0 Å². The number of rotatable bonds is 5. The third-order valence-electron chi connectivity index (χ3n) is 5.66. The van der Waals surface area contributed by atoms with Crippen LogP contribution in [0.5, 0.6) is 0 Å². The van der Waals surface area contributed by atoms with E-state index in [1.54, 1.807) is 18.6 Å². The van der Waals surface area contributed by atoms with Crippen LogP contribution in [-0.2, 0) is 4.79 Å². The van der Waals surface area contributed by atoms with E-state index in [0.29, 0.717) is 24.2 Å². The Morgan fingerprint density at radius 2 is 1.97 bits per heavy atom. The summed E-state index contributed by atoms with van der Waals surface area (Å²) in [6.07, 6.45) is 6.86. The molecule has 0 bridgehead atoms. The lowest BCUT2D eigenvalue weighted by molar-refractivity contribution is -0.127. The standard InChI is InChI=1S/C20H19FN12O2S/c1-23-19(33(28-22)20-24-3-9-36-20)31-7-5-30(6-8-31)18(35)16(34)12-10-25-15-14(12)13(21)11-26-17(15)32-4-2-27-29-32/h2-4,9-11,22,25H,5-8H2,1H3/b23-19-,28-22?. The number of pyridine rings is 1. The summed E-state index contributed by atoms with van der Waals surface area (Å²) in [6, 6.07) is 0. The van der Waals surface area contributed by atoms with E-state index in [2.05, 4.69) is 35.5 Å². The van der Waals surface area contributed by atoms with E-state index >= 15 is 0 Å². The Morgan fingerprint density at radius 3 is 2.61 bits per heavy atom. The number of aromatic amines is 1. The molecular formula is C20H19FN12O2S. The minimum Gasteiger partial charge on any atom is -0.357 e. The fourth-order valence-electron chi connectivity index (χ4n) is 4.00. The van der Waals surface area contributed by atoms with Crippen molar-refractivity contribution in [2.45, 2.75) is 0 Å². The molecule has 16 heteroatoms. The molecule has 1 aliphatic heterocycles. The van der Waals surface area contributed by atoms with Crippen LogP contribution in [-0.4, -0.2) is 90.6 Å². The number of carbonyl (C=O) groups excluding carboxylic acids is 2. The van der Waals surface area contributed by atoms with Crippen molar-refractivity contribution < 1.29 is 14.0 Å². The van der Waals surface area contributed by atoms with E-state index in [-0.39, 0.29) is 35.4 Å². The molecule has 14 nitrogen and oxygen atoms in total. The Labute approximate surface area is 206 Å². The molecule has 4 aromatic rings. The quantitative estimate of drug-likeness (QED) is 0.102. The second-order valence-electron chi connectivity index (χ2n) is 7.59. The molecule has 0 unspecified atom stereocenters. The van der Waals surface area contributed by atoms with Crippen LogP contribution in [0.4, 0.5) is 9.52 Å². The van der Waals surface area contributed by atoms with Gasteiger partial charge in [0, 0.05) is 51.0 Å². The summed E-state index contributed by atoms with van der Waals surface area (Å²) in [5.74, 6) is -1.66. The SMILES string of the molecule is C/N=C(/N1CCN(C(=O)C(=O)c2c[nH]c3c(-n4ccnn4)ncc(F)c23)CC1)N(N=N)c1nccs1. The molecule has 0 aliphatic carbocycles. The highest BCUT2D eigenvalue weighted by Crippen LogP contribution is 2.26. The number of thiazole rings is 1. The number of nitrogens with one attached hydrogen (secondary N) is 2. The summed E-state index contributed by atoms with van der Waals surface area (Å²) < 4.78 is 16.0. The van der Waals surface area contributed by atoms with Crippen molar-refractivity contribution in [3.05, 3.63) is 47.7 Å². The van der Waals surface area contributed by atoms with Gasteiger partial charge in [0.05, 0.1) is 35.1 Å². The maximum Gasteiger partial charge on any atom is 0.295 e. The molecule has 1 fully saturated rings. The van der Waals surface area contributed by atoms with Gasteiger partial charge in [-0.3, -0.25) is 14.6 Å². The normalized spacial score (nSPS) is 14.3. The second kappa shape index (κ2) is 9.57. The highest BCUT2D eigenvalue weighted by Gasteiger charge is 2.32. The fourth-order valence-corrected chi connectivity index (χ4v) is 4.59. The van der Waals surface area contributed by atoms with E-state index < -0.39 is 17.5 Å². The Morgan fingerprint density at radius 1 is 1.19 bits per heavy atom. The number of amides is 1. The van der Waals surface area contributed by atoms with Crippen molar-refractivity contribution in [1.29, 1.82) is 5.53 Å². The molecule has 0 atom stereocenters. The van der Waals surface area contributed by atoms with Crippen LogP contribution in [0.3, 0.4) is 0 Å². The lowest BCUT2D eigenvalue weighted by Gasteiger charge is -2.37. The fraction of sp³-hybridized carbons (Fsp3) is 0.250. The highest BCUT2D eigenvalue weighted by atomic mass is 32.1. The maximum absolute atomic E-state index is 14.7. The van der Waals surface area contributed by atoms with Crippen LogP contribution in [0, 0.1) is 11.3 Å². The number of guanidine groups is 1. The number of nitrogens with zero attached hydrogens (tertiary/aromatic N) is 10. The molecule has 2 N–H and O–H groups in total. The van der Waals surface area contributed by atoms with Gasteiger partial charge in [0.25, 0.3) is 11.7 Å². The smallest absolute Gasteiger partial charge is 0.295 e. The van der Waals surface area contributed by atoms with Gasteiger partial charge in [0.2, 0.25) is 11.1 Å². The third kappa shape index (κ3) is 3.96. The Kier molecular flexibility index (Phi) is 6.16. The molecule has 5 rings (SSSR count). The third-order valence-corrected chi connectivity index (χ3v) is 6.41. The van der Waals surface area contributed by atoms with E-state index in [0.717, 1.165) is 6.20 Å².